The van der Waals surface area contributed by atoms with Gasteiger partial charge in [0.1, 0.15) is 0 Å². The summed E-state index contributed by atoms with van der Waals surface area (Å²) in [6.45, 7) is 2.17. The van der Waals surface area contributed by atoms with Crippen LogP contribution in [0.15, 0.2) is 29.2 Å². The highest BCUT2D eigenvalue weighted by Crippen LogP contribution is 2.12. The lowest BCUT2D eigenvalue weighted by atomic mass is 10.1. The summed E-state index contributed by atoms with van der Waals surface area (Å²) in [7, 11) is -4.05. The maximum absolute atomic E-state index is 10.8. The Kier molecular flexibility index (Phi) is 4.96. The summed E-state index contributed by atoms with van der Waals surface area (Å²) in [5.41, 5.74) is 1.11. The average Bonchev–Trinajstić information content (AvgIpc) is 2.24. The van der Waals surface area contributed by atoms with Gasteiger partial charge in [-0.05, 0) is 30.5 Å². The molecule has 0 aliphatic rings. The van der Waals surface area contributed by atoms with E-state index in [1.807, 2.05) is 0 Å². The molecule has 0 spiro atoms. The predicted molar refractivity (Wildman–Crippen MR) is 64.1 cm³/mol. The molecule has 4 heteroatoms. The van der Waals surface area contributed by atoms with E-state index in [9.17, 15) is 8.42 Å². The van der Waals surface area contributed by atoms with Gasteiger partial charge in [0.2, 0.25) is 0 Å². The number of rotatable bonds is 6. The molecule has 0 aliphatic carbocycles. The zero-order valence-corrected chi connectivity index (χ0v) is 10.3. The first kappa shape index (κ1) is 13.2. The van der Waals surface area contributed by atoms with Gasteiger partial charge in [-0.3, -0.25) is 4.55 Å². The van der Waals surface area contributed by atoms with Crippen LogP contribution in [-0.4, -0.2) is 13.0 Å². The van der Waals surface area contributed by atoms with Crippen LogP contribution in [0, 0.1) is 0 Å². The maximum atomic E-state index is 10.8. The molecule has 3 nitrogen and oxygen atoms in total. The van der Waals surface area contributed by atoms with E-state index >= 15 is 0 Å². The highest BCUT2D eigenvalue weighted by molar-refractivity contribution is 7.85. The Hall–Kier alpha value is -0.870. The molecule has 0 saturated heterocycles. The summed E-state index contributed by atoms with van der Waals surface area (Å²) in [4.78, 5) is -0.0372. The van der Waals surface area contributed by atoms with E-state index < -0.39 is 10.1 Å². The molecule has 0 saturated carbocycles. The fraction of sp³-hybridized carbons (Fsp3) is 0.500. The zero-order valence-electron chi connectivity index (χ0n) is 9.52. The quantitative estimate of drug-likeness (QED) is 0.616. The first-order chi connectivity index (χ1) is 7.54. The van der Waals surface area contributed by atoms with E-state index in [0.29, 0.717) is 0 Å². The molecule has 1 N–H and O–H groups in total. The van der Waals surface area contributed by atoms with Crippen LogP contribution < -0.4 is 0 Å². The lowest BCUT2D eigenvalue weighted by molar-refractivity contribution is 0.483. The molecule has 0 radical (unpaired) electrons. The third-order valence-corrected chi connectivity index (χ3v) is 3.41. The zero-order chi connectivity index (χ0) is 12.0. The summed E-state index contributed by atoms with van der Waals surface area (Å²) < 4.78 is 30.4. The van der Waals surface area contributed by atoms with Crippen molar-refractivity contribution in [2.75, 3.05) is 0 Å². The van der Waals surface area contributed by atoms with Crippen LogP contribution in [-0.2, 0) is 16.5 Å². The monoisotopic (exact) mass is 242 g/mol. The average molecular weight is 242 g/mol. The van der Waals surface area contributed by atoms with Gasteiger partial charge in [0.25, 0.3) is 10.1 Å². The number of unbranched alkanes of at least 4 members (excludes halogenated alkanes) is 3. The molecule has 0 fully saturated rings. The van der Waals surface area contributed by atoms with Crippen LogP contribution >= 0.6 is 0 Å². The van der Waals surface area contributed by atoms with Crippen molar-refractivity contribution in [3.8, 4) is 0 Å². The molecule has 0 aromatic heterocycles. The Morgan fingerprint density at radius 3 is 2.19 bits per heavy atom. The molecule has 0 bridgehead atoms. The summed E-state index contributed by atoms with van der Waals surface area (Å²) in [6.07, 6.45) is 5.74. The number of benzene rings is 1. The van der Waals surface area contributed by atoms with Crippen LogP contribution in [0.3, 0.4) is 0 Å². The van der Waals surface area contributed by atoms with E-state index in [0.717, 1.165) is 18.4 Å². The van der Waals surface area contributed by atoms with Crippen molar-refractivity contribution in [2.24, 2.45) is 0 Å². The van der Waals surface area contributed by atoms with Crippen molar-refractivity contribution in [2.45, 2.75) is 43.9 Å². The minimum absolute atomic E-state index is 0.0372. The molecule has 90 valence electrons. The van der Waals surface area contributed by atoms with Gasteiger partial charge in [-0.1, -0.05) is 38.3 Å². The van der Waals surface area contributed by atoms with E-state index in [1.54, 1.807) is 12.1 Å². The van der Waals surface area contributed by atoms with Gasteiger partial charge in [-0.25, -0.2) is 0 Å². The molecule has 0 amide bonds. The summed E-state index contributed by atoms with van der Waals surface area (Å²) >= 11 is 0. The Bertz CT molecular complexity index is 406. The van der Waals surface area contributed by atoms with Crippen molar-refractivity contribution < 1.29 is 13.0 Å². The van der Waals surface area contributed by atoms with Crippen molar-refractivity contribution in [3.05, 3.63) is 29.8 Å². The highest BCUT2D eigenvalue weighted by Gasteiger charge is 2.07. The molecule has 0 atom stereocenters. The lowest BCUT2D eigenvalue weighted by Crippen LogP contribution is -1.97. The van der Waals surface area contributed by atoms with Gasteiger partial charge in [-0.2, -0.15) is 8.42 Å². The van der Waals surface area contributed by atoms with Crippen molar-refractivity contribution >= 4 is 10.1 Å². The van der Waals surface area contributed by atoms with E-state index in [4.69, 9.17) is 4.55 Å². The molecule has 0 heterocycles. The van der Waals surface area contributed by atoms with Gasteiger partial charge in [0.05, 0.1) is 4.90 Å². The van der Waals surface area contributed by atoms with Crippen molar-refractivity contribution in [3.63, 3.8) is 0 Å². The Balaban J connectivity index is 2.52. The normalized spacial score (nSPS) is 11.6. The Morgan fingerprint density at radius 1 is 1.06 bits per heavy atom. The van der Waals surface area contributed by atoms with Crippen molar-refractivity contribution in [1.82, 2.24) is 0 Å². The molecule has 1 rings (SSSR count). The summed E-state index contributed by atoms with van der Waals surface area (Å²) in [6, 6.07) is 6.42. The molecule has 16 heavy (non-hydrogen) atoms. The second-order valence-electron chi connectivity index (χ2n) is 3.93. The minimum atomic E-state index is -4.05. The number of hydrogen-bond acceptors (Lipinski definition) is 2. The summed E-state index contributed by atoms with van der Waals surface area (Å²) in [5.74, 6) is 0. The van der Waals surface area contributed by atoms with Gasteiger partial charge in [0, 0.05) is 0 Å². The Labute approximate surface area is 97.2 Å². The molecule has 0 unspecified atom stereocenters. The van der Waals surface area contributed by atoms with E-state index in [-0.39, 0.29) is 4.90 Å². The Morgan fingerprint density at radius 2 is 1.69 bits per heavy atom. The lowest BCUT2D eigenvalue weighted by Gasteiger charge is -2.02. The molecule has 1 aromatic carbocycles. The first-order valence-electron chi connectivity index (χ1n) is 5.60. The smallest absolute Gasteiger partial charge is 0.282 e. The SMILES string of the molecule is CCCCCCc1ccc(S(=O)(=O)O)cc1. The topological polar surface area (TPSA) is 54.4 Å². The highest BCUT2D eigenvalue weighted by atomic mass is 32.2. The molecular weight excluding hydrogens is 224 g/mol. The fourth-order valence-corrected chi connectivity index (χ4v) is 2.06. The van der Waals surface area contributed by atoms with Gasteiger partial charge in [0.15, 0.2) is 0 Å². The van der Waals surface area contributed by atoms with Gasteiger partial charge >= 0.3 is 0 Å². The second-order valence-corrected chi connectivity index (χ2v) is 5.35. The minimum Gasteiger partial charge on any atom is -0.282 e. The predicted octanol–water partition coefficient (Wildman–Crippen LogP) is 3.06. The largest absolute Gasteiger partial charge is 0.294 e. The molecule has 1 aromatic rings. The number of hydrogen-bond donors (Lipinski definition) is 1. The molecular formula is C12H18O3S. The van der Waals surface area contributed by atoms with Crippen LogP contribution in [0.2, 0.25) is 0 Å². The van der Waals surface area contributed by atoms with E-state index in [2.05, 4.69) is 6.92 Å². The van der Waals surface area contributed by atoms with Crippen LogP contribution in [0.25, 0.3) is 0 Å². The van der Waals surface area contributed by atoms with E-state index in [1.165, 1.54) is 31.4 Å². The van der Waals surface area contributed by atoms with Crippen LogP contribution in [0.1, 0.15) is 38.2 Å². The number of aryl methyl sites for hydroxylation is 1. The van der Waals surface area contributed by atoms with Crippen LogP contribution in [0.4, 0.5) is 0 Å². The standard InChI is InChI=1S/C12H18O3S/c1-2-3-4-5-6-11-7-9-12(10-8-11)16(13,14)15/h7-10H,2-6H2,1H3,(H,13,14,15). The molecule has 0 aliphatic heterocycles. The fourth-order valence-electron chi connectivity index (χ4n) is 1.58. The first-order valence-corrected chi connectivity index (χ1v) is 7.04. The summed E-state index contributed by atoms with van der Waals surface area (Å²) in [5, 5.41) is 0. The maximum Gasteiger partial charge on any atom is 0.294 e. The third-order valence-electron chi connectivity index (χ3n) is 2.54. The van der Waals surface area contributed by atoms with Gasteiger partial charge < -0.3 is 0 Å². The van der Waals surface area contributed by atoms with Crippen molar-refractivity contribution in [1.29, 1.82) is 0 Å². The van der Waals surface area contributed by atoms with Crippen LogP contribution in [0.5, 0.6) is 0 Å². The van der Waals surface area contributed by atoms with Gasteiger partial charge in [-0.15, -0.1) is 0 Å². The third kappa shape index (κ3) is 4.33. The second kappa shape index (κ2) is 6.01.